The Kier molecular flexibility index (Phi) is 3.24. The number of carbonyl (C=O) groups excluding carboxylic acids is 1. The van der Waals surface area contributed by atoms with E-state index in [-0.39, 0.29) is 5.91 Å². The van der Waals surface area contributed by atoms with Gasteiger partial charge in [-0.05, 0) is 18.9 Å². The van der Waals surface area contributed by atoms with Gasteiger partial charge >= 0.3 is 0 Å². The van der Waals surface area contributed by atoms with Crippen LogP contribution in [0.5, 0.6) is 0 Å². The Morgan fingerprint density at radius 3 is 2.88 bits per heavy atom. The molecule has 86 valence electrons. The molecule has 1 fully saturated rings. The molecule has 0 bridgehead atoms. The van der Waals surface area contributed by atoms with Crippen molar-refractivity contribution in [3.8, 4) is 0 Å². The predicted octanol–water partition coefficient (Wildman–Crippen LogP) is 0.698. The molecule has 0 aromatic carbocycles. The number of nitrogens with zero attached hydrogens (tertiary/aromatic N) is 2. The quantitative estimate of drug-likeness (QED) is 0.786. The fourth-order valence-electron chi connectivity index (χ4n) is 1.81. The average molecular weight is 220 g/mol. The van der Waals surface area contributed by atoms with E-state index in [1.807, 2.05) is 4.90 Å². The Balaban J connectivity index is 1.84. The third-order valence-electron chi connectivity index (χ3n) is 2.66. The fourth-order valence-corrected chi connectivity index (χ4v) is 1.81. The summed E-state index contributed by atoms with van der Waals surface area (Å²) in [6.45, 7) is 2.08. The molecule has 16 heavy (non-hydrogen) atoms. The highest BCUT2D eigenvalue weighted by molar-refractivity contribution is 5.81. The summed E-state index contributed by atoms with van der Waals surface area (Å²) in [7, 11) is 0. The average Bonchev–Trinajstić information content (AvgIpc) is 2.79. The van der Waals surface area contributed by atoms with Crippen LogP contribution in [0, 0.1) is 0 Å². The predicted molar refractivity (Wildman–Crippen MR) is 63.0 cm³/mol. The minimum absolute atomic E-state index is 0.139. The van der Waals surface area contributed by atoms with Crippen LogP contribution >= 0.6 is 0 Å². The summed E-state index contributed by atoms with van der Waals surface area (Å²) in [5.74, 6) is 0.139. The zero-order chi connectivity index (χ0) is 11.4. The summed E-state index contributed by atoms with van der Waals surface area (Å²) in [6, 6.07) is 1.77. The second kappa shape index (κ2) is 4.83. The lowest BCUT2D eigenvalue weighted by atomic mass is 10.3. The number of carbonyl (C=O) groups is 1. The van der Waals surface area contributed by atoms with E-state index in [0.717, 1.165) is 31.6 Å². The van der Waals surface area contributed by atoms with E-state index in [4.69, 9.17) is 5.73 Å². The van der Waals surface area contributed by atoms with Gasteiger partial charge in [-0.25, -0.2) is 0 Å². The highest BCUT2D eigenvalue weighted by Gasteiger charge is 2.17. The van der Waals surface area contributed by atoms with E-state index in [1.54, 1.807) is 18.5 Å². The summed E-state index contributed by atoms with van der Waals surface area (Å²) in [5.41, 5.74) is 6.97. The molecule has 0 atom stereocenters. The van der Waals surface area contributed by atoms with Crippen molar-refractivity contribution in [3.05, 3.63) is 18.5 Å². The molecule has 1 aromatic rings. The lowest BCUT2D eigenvalue weighted by Gasteiger charge is -2.15. The van der Waals surface area contributed by atoms with Gasteiger partial charge in [-0.1, -0.05) is 0 Å². The molecular weight excluding hydrogens is 204 g/mol. The van der Waals surface area contributed by atoms with E-state index in [2.05, 4.69) is 10.3 Å². The summed E-state index contributed by atoms with van der Waals surface area (Å²) in [4.78, 5) is 17.5. The van der Waals surface area contributed by atoms with Crippen LogP contribution in [0.25, 0.3) is 0 Å². The molecule has 1 aliphatic heterocycles. The minimum atomic E-state index is 0.139. The minimum Gasteiger partial charge on any atom is -0.397 e. The van der Waals surface area contributed by atoms with E-state index < -0.39 is 0 Å². The van der Waals surface area contributed by atoms with E-state index in [9.17, 15) is 4.79 Å². The van der Waals surface area contributed by atoms with Crippen LogP contribution < -0.4 is 11.1 Å². The molecular formula is C11H16N4O. The summed E-state index contributed by atoms with van der Waals surface area (Å²) < 4.78 is 0. The number of hydrogen-bond donors (Lipinski definition) is 2. The second-order valence-corrected chi connectivity index (χ2v) is 3.95. The molecule has 0 aliphatic carbocycles. The van der Waals surface area contributed by atoms with Crippen molar-refractivity contribution in [2.24, 2.45) is 0 Å². The van der Waals surface area contributed by atoms with Gasteiger partial charge in [0.1, 0.15) is 0 Å². The van der Waals surface area contributed by atoms with Crippen molar-refractivity contribution < 1.29 is 4.79 Å². The molecule has 2 heterocycles. The van der Waals surface area contributed by atoms with Crippen LogP contribution in [-0.4, -0.2) is 35.4 Å². The number of nitrogen functional groups attached to an aromatic ring is 1. The molecule has 1 aromatic heterocycles. The molecule has 0 saturated carbocycles. The highest BCUT2D eigenvalue weighted by Crippen LogP contribution is 2.10. The molecule has 0 spiro atoms. The van der Waals surface area contributed by atoms with Crippen molar-refractivity contribution >= 4 is 17.3 Å². The van der Waals surface area contributed by atoms with Crippen LogP contribution in [0.2, 0.25) is 0 Å². The lowest BCUT2D eigenvalue weighted by molar-refractivity contribution is -0.128. The topological polar surface area (TPSA) is 71.2 Å². The monoisotopic (exact) mass is 220 g/mol. The van der Waals surface area contributed by atoms with Gasteiger partial charge in [0.05, 0.1) is 24.1 Å². The van der Waals surface area contributed by atoms with Crippen molar-refractivity contribution in [2.75, 3.05) is 30.7 Å². The Morgan fingerprint density at radius 2 is 2.19 bits per heavy atom. The number of nitrogens with two attached hydrogens (primary N) is 1. The number of likely N-dealkylation sites (tertiary alicyclic amines) is 1. The zero-order valence-corrected chi connectivity index (χ0v) is 9.15. The maximum atomic E-state index is 11.7. The summed E-state index contributed by atoms with van der Waals surface area (Å²) in [5, 5.41) is 3.03. The summed E-state index contributed by atoms with van der Waals surface area (Å²) in [6.07, 6.45) is 5.47. The Morgan fingerprint density at radius 1 is 1.44 bits per heavy atom. The standard InChI is InChI=1S/C11H16N4O/c12-9-5-10(7-13-6-9)14-8-11(16)15-3-1-2-4-15/h5-7,14H,1-4,8,12H2. The Bertz CT molecular complexity index is 374. The van der Waals surface area contributed by atoms with Crippen molar-refractivity contribution in [1.29, 1.82) is 0 Å². The first kappa shape index (κ1) is 10.7. The Labute approximate surface area is 94.6 Å². The number of nitrogens with one attached hydrogen (secondary N) is 1. The first-order chi connectivity index (χ1) is 7.75. The molecule has 5 nitrogen and oxygen atoms in total. The molecule has 1 saturated heterocycles. The van der Waals surface area contributed by atoms with E-state index >= 15 is 0 Å². The molecule has 1 amide bonds. The fraction of sp³-hybridized carbons (Fsp3) is 0.455. The maximum absolute atomic E-state index is 11.7. The highest BCUT2D eigenvalue weighted by atomic mass is 16.2. The lowest BCUT2D eigenvalue weighted by Crippen LogP contribution is -2.32. The van der Waals surface area contributed by atoms with Gasteiger partial charge in [-0.2, -0.15) is 0 Å². The maximum Gasteiger partial charge on any atom is 0.241 e. The van der Waals surface area contributed by atoms with Crippen LogP contribution in [-0.2, 0) is 4.79 Å². The Hall–Kier alpha value is -1.78. The zero-order valence-electron chi connectivity index (χ0n) is 9.15. The first-order valence-electron chi connectivity index (χ1n) is 5.48. The smallest absolute Gasteiger partial charge is 0.241 e. The molecule has 5 heteroatoms. The third-order valence-corrected chi connectivity index (χ3v) is 2.66. The number of aromatic nitrogens is 1. The van der Waals surface area contributed by atoms with E-state index in [1.165, 1.54) is 0 Å². The van der Waals surface area contributed by atoms with Crippen molar-refractivity contribution in [1.82, 2.24) is 9.88 Å². The van der Waals surface area contributed by atoms with Crippen LogP contribution in [0.1, 0.15) is 12.8 Å². The molecule has 0 unspecified atom stereocenters. The number of amides is 1. The van der Waals surface area contributed by atoms with Crippen molar-refractivity contribution in [2.45, 2.75) is 12.8 Å². The van der Waals surface area contributed by atoms with Crippen LogP contribution in [0.3, 0.4) is 0 Å². The van der Waals surface area contributed by atoms with Crippen molar-refractivity contribution in [3.63, 3.8) is 0 Å². The SMILES string of the molecule is Nc1cncc(NCC(=O)N2CCCC2)c1. The van der Waals surface area contributed by atoms with Gasteiger partial charge in [0, 0.05) is 19.3 Å². The molecule has 2 rings (SSSR count). The van der Waals surface area contributed by atoms with Crippen LogP contribution in [0.4, 0.5) is 11.4 Å². The largest absolute Gasteiger partial charge is 0.397 e. The normalized spacial score (nSPS) is 15.1. The third kappa shape index (κ3) is 2.62. The molecule has 0 radical (unpaired) electrons. The van der Waals surface area contributed by atoms with E-state index in [0.29, 0.717) is 12.2 Å². The molecule has 1 aliphatic rings. The van der Waals surface area contributed by atoms with Crippen LogP contribution in [0.15, 0.2) is 18.5 Å². The summed E-state index contributed by atoms with van der Waals surface area (Å²) >= 11 is 0. The number of hydrogen-bond acceptors (Lipinski definition) is 4. The van der Waals surface area contributed by atoms with Gasteiger partial charge in [0.25, 0.3) is 0 Å². The van der Waals surface area contributed by atoms with Gasteiger partial charge in [0.2, 0.25) is 5.91 Å². The van der Waals surface area contributed by atoms with Gasteiger partial charge in [0.15, 0.2) is 0 Å². The van der Waals surface area contributed by atoms with Gasteiger partial charge < -0.3 is 16.0 Å². The number of rotatable bonds is 3. The number of pyridine rings is 1. The molecule has 3 N–H and O–H groups in total. The van der Waals surface area contributed by atoms with Gasteiger partial charge in [-0.15, -0.1) is 0 Å². The number of anilines is 2. The first-order valence-corrected chi connectivity index (χ1v) is 5.48. The second-order valence-electron chi connectivity index (χ2n) is 3.95. The van der Waals surface area contributed by atoms with Gasteiger partial charge in [-0.3, -0.25) is 9.78 Å².